The van der Waals surface area contributed by atoms with Gasteiger partial charge in [0, 0.05) is 5.75 Å². The Morgan fingerprint density at radius 3 is 1.75 bits per heavy atom. The maximum absolute atomic E-state index is 13.5. The van der Waals surface area contributed by atoms with Crippen molar-refractivity contribution < 1.29 is 115 Å². The number of esters is 2. The Morgan fingerprint density at radius 2 is 1.29 bits per heavy atom. The number of aliphatic hydroxyl groups excluding tert-OH is 4. The van der Waals surface area contributed by atoms with Gasteiger partial charge in [0.05, 0.1) is 38.1 Å². The molecule has 29 heteroatoms. The largest absolute Gasteiger partial charge is 0.460 e. The normalized spacial score (nSPS) is 23.4. The van der Waals surface area contributed by atoms with E-state index in [0.717, 1.165) is 24.7 Å². The molecule has 1 fully saturated rings. The molecule has 3 unspecified atom stereocenters. The number of rotatable bonds is 20. The summed E-state index contributed by atoms with van der Waals surface area (Å²) in [5.41, 5.74) is -0.0827. The molecule has 1 saturated heterocycles. The minimum absolute atomic E-state index is 0.0827. The van der Waals surface area contributed by atoms with Crippen molar-refractivity contribution in [2.45, 2.75) is 110 Å². The van der Waals surface area contributed by atoms with Crippen LogP contribution in [0.2, 0.25) is 0 Å². The summed E-state index contributed by atoms with van der Waals surface area (Å²) in [7, 11) is 0. The number of nitrogens with zero attached hydrogens (tertiary/aromatic N) is 3. The predicted octanol–water partition coefficient (Wildman–Crippen LogP) is 2.80. The molecular formula is C27H33F14N3O11S. The van der Waals surface area contributed by atoms with Crippen molar-refractivity contribution in [1.29, 1.82) is 0 Å². The lowest BCUT2D eigenvalue weighted by Gasteiger charge is -2.39. The van der Waals surface area contributed by atoms with Crippen molar-refractivity contribution in [3.8, 4) is 0 Å². The zero-order valence-corrected chi connectivity index (χ0v) is 29.2. The molecule has 0 aliphatic carbocycles. The minimum atomic E-state index is -6.66. The summed E-state index contributed by atoms with van der Waals surface area (Å²) in [6.45, 7) is -6.34. The summed E-state index contributed by atoms with van der Waals surface area (Å²) in [5, 5.41) is 45.3. The highest BCUT2D eigenvalue weighted by Crippen LogP contribution is 2.47. The molecule has 0 bridgehead atoms. The molecule has 0 spiro atoms. The Kier molecular flexibility index (Phi) is 16.6. The first-order chi connectivity index (χ1) is 25.4. The van der Waals surface area contributed by atoms with Crippen molar-refractivity contribution in [2.75, 3.05) is 33.0 Å². The van der Waals surface area contributed by atoms with Gasteiger partial charge in [0.1, 0.15) is 55.1 Å². The summed E-state index contributed by atoms with van der Waals surface area (Å²) >= 11 is 0.478. The van der Waals surface area contributed by atoms with Crippen LogP contribution in [0, 0.1) is 0 Å². The number of carbonyl (C=O) groups is 2. The monoisotopic (exact) mass is 873 g/mol. The third-order valence-electron chi connectivity index (χ3n) is 7.29. The molecule has 8 atom stereocenters. The van der Waals surface area contributed by atoms with Crippen molar-refractivity contribution in [1.82, 2.24) is 15.0 Å². The Labute approximate surface area is 309 Å². The summed E-state index contributed by atoms with van der Waals surface area (Å²) in [4.78, 5) is 25.6. The van der Waals surface area contributed by atoms with Gasteiger partial charge in [-0.25, -0.2) is 4.68 Å². The fraction of sp³-hybridized carbons (Fsp3) is 0.852. The van der Waals surface area contributed by atoms with Gasteiger partial charge >= 0.3 is 48.0 Å². The van der Waals surface area contributed by atoms with Gasteiger partial charge in [0.25, 0.3) is 0 Å². The molecule has 1 aliphatic rings. The molecule has 56 heavy (non-hydrogen) atoms. The van der Waals surface area contributed by atoms with E-state index < -0.39 is 141 Å². The average Bonchev–Trinajstić information content (AvgIpc) is 3.52. The van der Waals surface area contributed by atoms with Crippen LogP contribution in [0.4, 0.5) is 61.5 Å². The van der Waals surface area contributed by atoms with E-state index in [-0.39, 0.29) is 5.69 Å². The van der Waals surface area contributed by atoms with Crippen LogP contribution >= 0.6 is 11.8 Å². The third kappa shape index (κ3) is 12.1. The molecule has 0 saturated carbocycles. The average molecular weight is 874 g/mol. The minimum Gasteiger partial charge on any atom is -0.460 e. The van der Waals surface area contributed by atoms with E-state index in [4.69, 9.17) is 14.2 Å². The number of hydrogen-bond donors (Lipinski definition) is 4. The number of thioether (sulfide) groups is 1. The smallest absolute Gasteiger partial charge is 0.459 e. The molecule has 4 N–H and O–H groups in total. The van der Waals surface area contributed by atoms with Crippen LogP contribution < -0.4 is 0 Å². The topological polar surface area (TPSA) is 192 Å². The number of hydrogen-bond acceptors (Lipinski definition) is 14. The lowest BCUT2D eigenvalue weighted by molar-refractivity contribution is -0.361. The maximum Gasteiger partial charge on any atom is 0.459 e. The molecular weight excluding hydrogens is 840 g/mol. The Bertz CT molecular complexity index is 1440. The molecule has 0 radical (unpaired) electrons. The van der Waals surface area contributed by atoms with E-state index in [1.54, 1.807) is 0 Å². The fourth-order valence-electron chi connectivity index (χ4n) is 4.27. The molecule has 1 aromatic heterocycles. The molecule has 1 aliphatic heterocycles. The van der Waals surface area contributed by atoms with Crippen molar-refractivity contribution in [2.24, 2.45) is 0 Å². The first-order valence-corrected chi connectivity index (χ1v) is 16.5. The number of aromatic nitrogens is 3. The number of ether oxygens (including phenoxy) is 5. The van der Waals surface area contributed by atoms with Crippen molar-refractivity contribution in [3.63, 3.8) is 0 Å². The second-order valence-corrected chi connectivity index (χ2v) is 13.2. The SMILES string of the molecule is CC(COCC(F)(F)C(F)(F)C(F)(F)F)OC(=O)CC(SCc1cn([C@@H]2O[C@H](CO)[C@H](O)[C@H](O)[C@H]2O)nn1)C(=O)OC(C)COCC(F)(F)C(F)(F)C(F)(F)F. The second kappa shape index (κ2) is 18.8. The predicted molar refractivity (Wildman–Crippen MR) is 153 cm³/mol. The Hall–Kier alpha value is -2.83. The molecule has 0 aromatic carbocycles. The van der Waals surface area contributed by atoms with Gasteiger partial charge in [-0.05, 0) is 13.8 Å². The number of carbonyl (C=O) groups excluding carboxylic acids is 2. The van der Waals surface area contributed by atoms with Gasteiger partial charge in [0.2, 0.25) is 0 Å². The lowest BCUT2D eigenvalue weighted by Crippen LogP contribution is -2.56. The lowest BCUT2D eigenvalue weighted by atomic mass is 9.98. The van der Waals surface area contributed by atoms with Crippen LogP contribution in [0.3, 0.4) is 0 Å². The summed E-state index contributed by atoms with van der Waals surface area (Å²) in [6.07, 6.45) is -24.9. The molecule has 14 nitrogen and oxygen atoms in total. The van der Waals surface area contributed by atoms with E-state index >= 15 is 0 Å². The summed E-state index contributed by atoms with van der Waals surface area (Å²) in [6, 6.07) is 0. The third-order valence-corrected chi connectivity index (χ3v) is 8.51. The van der Waals surface area contributed by atoms with Gasteiger partial charge in [-0.15, -0.1) is 16.9 Å². The Balaban J connectivity index is 2.13. The number of alkyl halides is 14. The van der Waals surface area contributed by atoms with Crippen LogP contribution in [-0.2, 0) is 39.0 Å². The zero-order valence-electron chi connectivity index (χ0n) is 28.3. The Morgan fingerprint density at radius 1 is 0.804 bits per heavy atom. The standard InChI is InChI=1S/C27H33F14N3O11S/c1-11(6-51-9-22(28,29)24(32,33)26(36,37)38)53-16(46)3-15(21(50)54-12(2)7-52-10-23(30,31)25(34,35)27(39,40)41)56-8-13-4-44(43-42-13)20-19(49)18(48)17(47)14(5-45)55-20/h4,11-12,14-15,17-20,45,47-49H,3,5-10H2,1-2H3/t11?,12?,14-,15?,17+,18+,19-,20-/m1/s1. The highest BCUT2D eigenvalue weighted by Gasteiger charge is 2.74. The number of aliphatic hydroxyl groups is 4. The van der Waals surface area contributed by atoms with Crippen molar-refractivity contribution >= 4 is 23.7 Å². The highest BCUT2D eigenvalue weighted by atomic mass is 32.2. The second-order valence-electron chi connectivity index (χ2n) is 12.0. The molecule has 2 rings (SSSR count). The molecule has 1 aromatic rings. The van der Waals surface area contributed by atoms with E-state index in [0.29, 0.717) is 11.8 Å². The van der Waals surface area contributed by atoms with E-state index in [1.807, 2.05) is 0 Å². The molecule has 326 valence electrons. The highest BCUT2D eigenvalue weighted by molar-refractivity contribution is 7.99. The van der Waals surface area contributed by atoms with Gasteiger partial charge in [-0.1, -0.05) is 5.21 Å². The fourth-order valence-corrected chi connectivity index (χ4v) is 5.22. The van der Waals surface area contributed by atoms with Gasteiger partial charge in [-0.2, -0.15) is 61.5 Å². The van der Waals surface area contributed by atoms with Gasteiger partial charge < -0.3 is 44.1 Å². The zero-order chi connectivity index (χ0) is 43.2. The quantitative estimate of drug-likeness (QED) is 0.111. The first-order valence-electron chi connectivity index (χ1n) is 15.4. The van der Waals surface area contributed by atoms with Gasteiger partial charge in [0.15, 0.2) is 6.23 Å². The van der Waals surface area contributed by atoms with Crippen molar-refractivity contribution in [3.05, 3.63) is 11.9 Å². The van der Waals surface area contributed by atoms with E-state index in [1.165, 1.54) is 0 Å². The van der Waals surface area contributed by atoms with Crippen LogP contribution in [0.1, 0.15) is 32.2 Å². The van der Waals surface area contributed by atoms with Crippen LogP contribution in [-0.4, -0.2) is 158 Å². The summed E-state index contributed by atoms with van der Waals surface area (Å²) < 4.78 is 205. The van der Waals surface area contributed by atoms with E-state index in [2.05, 4.69) is 19.8 Å². The van der Waals surface area contributed by atoms with Crippen LogP contribution in [0.15, 0.2) is 6.20 Å². The van der Waals surface area contributed by atoms with Gasteiger partial charge in [-0.3, -0.25) is 9.59 Å². The van der Waals surface area contributed by atoms with Crippen LogP contribution in [0.5, 0.6) is 0 Å². The summed E-state index contributed by atoms with van der Waals surface area (Å²) in [5.74, 6) is -27.8. The molecule has 0 amide bonds. The van der Waals surface area contributed by atoms with E-state index in [9.17, 15) is 91.5 Å². The number of halogens is 14. The maximum atomic E-state index is 13.5. The molecule has 2 heterocycles. The van der Waals surface area contributed by atoms with Crippen LogP contribution in [0.25, 0.3) is 0 Å². The first kappa shape index (κ1) is 49.3.